The van der Waals surface area contributed by atoms with Crippen molar-refractivity contribution in [2.45, 2.75) is 25.9 Å². The van der Waals surface area contributed by atoms with Gasteiger partial charge in [0.05, 0.1) is 5.57 Å². The molecular weight excluding hydrogens is 362 g/mol. The Morgan fingerprint density at radius 3 is 2.79 bits per heavy atom. The molecule has 29 heavy (non-hydrogen) atoms. The average Bonchev–Trinajstić information content (AvgIpc) is 3.45. The molecule has 150 valence electrons. The van der Waals surface area contributed by atoms with Gasteiger partial charge in [-0.1, -0.05) is 36.4 Å². The van der Waals surface area contributed by atoms with Crippen LogP contribution in [-0.2, 0) is 22.6 Å². The van der Waals surface area contributed by atoms with E-state index in [2.05, 4.69) is 33.7 Å². The van der Waals surface area contributed by atoms with E-state index in [4.69, 9.17) is 4.74 Å². The lowest BCUT2D eigenvalue weighted by Gasteiger charge is -2.14. The van der Waals surface area contributed by atoms with Crippen molar-refractivity contribution in [2.75, 3.05) is 38.0 Å². The lowest BCUT2D eigenvalue weighted by atomic mass is 9.98. The van der Waals surface area contributed by atoms with Crippen molar-refractivity contribution in [3.8, 4) is 0 Å². The summed E-state index contributed by atoms with van der Waals surface area (Å²) in [4.78, 5) is 15.1. The highest BCUT2D eigenvalue weighted by Crippen LogP contribution is 2.41. The second kappa shape index (κ2) is 8.01. The van der Waals surface area contributed by atoms with Crippen molar-refractivity contribution >= 4 is 22.9 Å². The number of carbonyl (C=O) groups excluding carboxylic acids is 1. The maximum atomic E-state index is 12.5. The molecule has 5 rings (SSSR count). The maximum Gasteiger partial charge on any atom is 0.260 e. The van der Waals surface area contributed by atoms with Crippen LogP contribution in [0, 0.1) is 0 Å². The van der Waals surface area contributed by atoms with E-state index in [-0.39, 0.29) is 5.91 Å². The quantitative estimate of drug-likeness (QED) is 0.588. The fraction of sp³-hybridized carbons (Fsp3) is 0.375. The Morgan fingerprint density at radius 2 is 1.90 bits per heavy atom. The standard InChI is InChI=1S/C24H27N3O2/c28-24-22(20-5-1-2-6-21(20)26-24)23-19-8-7-17(15-18(19)16-29-23)9-10-25-11-14-27-12-3-4-13-27/h1-2,5-8,15,25H,3-4,9-14,16H2,(H,26,28)/b23-22+. The number of carbonyl (C=O) groups is 1. The molecule has 2 N–H and O–H groups in total. The van der Waals surface area contributed by atoms with Crippen molar-refractivity contribution < 1.29 is 9.53 Å². The predicted molar refractivity (Wildman–Crippen MR) is 115 cm³/mol. The molecule has 5 nitrogen and oxygen atoms in total. The second-order valence-corrected chi connectivity index (χ2v) is 8.03. The van der Waals surface area contributed by atoms with Gasteiger partial charge >= 0.3 is 0 Å². The number of nitrogens with zero attached hydrogens (tertiary/aromatic N) is 1. The zero-order chi connectivity index (χ0) is 19.6. The summed E-state index contributed by atoms with van der Waals surface area (Å²) in [7, 11) is 0. The summed E-state index contributed by atoms with van der Waals surface area (Å²) >= 11 is 0. The molecule has 0 bridgehead atoms. The number of hydrogen-bond acceptors (Lipinski definition) is 4. The summed E-state index contributed by atoms with van der Waals surface area (Å²) in [6.07, 6.45) is 3.70. The van der Waals surface area contributed by atoms with Crippen LogP contribution in [0.25, 0.3) is 11.3 Å². The molecule has 2 aromatic carbocycles. The topological polar surface area (TPSA) is 53.6 Å². The zero-order valence-corrected chi connectivity index (χ0v) is 16.7. The van der Waals surface area contributed by atoms with Crippen molar-refractivity contribution in [1.29, 1.82) is 0 Å². The normalized spacial score (nSPS) is 20.5. The van der Waals surface area contributed by atoms with Crippen LogP contribution in [0.15, 0.2) is 42.5 Å². The SMILES string of the molecule is O=C1Nc2ccccc2/C1=C1\OCc2cc(CCNCCN3CCCC3)ccc21. The van der Waals surface area contributed by atoms with Gasteiger partial charge in [-0.2, -0.15) is 0 Å². The molecule has 1 amide bonds. The number of amides is 1. The number of benzene rings is 2. The molecule has 3 aliphatic rings. The van der Waals surface area contributed by atoms with E-state index in [1.807, 2.05) is 24.3 Å². The minimum absolute atomic E-state index is 0.0830. The minimum Gasteiger partial charge on any atom is -0.487 e. The van der Waals surface area contributed by atoms with E-state index < -0.39 is 0 Å². The van der Waals surface area contributed by atoms with E-state index in [1.165, 1.54) is 37.1 Å². The fourth-order valence-corrected chi connectivity index (χ4v) is 4.52. The molecule has 0 spiro atoms. The molecule has 3 heterocycles. The molecule has 2 aromatic rings. The molecule has 1 fully saturated rings. The van der Waals surface area contributed by atoms with Gasteiger partial charge in [-0.25, -0.2) is 0 Å². The van der Waals surface area contributed by atoms with Crippen molar-refractivity contribution in [1.82, 2.24) is 10.2 Å². The summed E-state index contributed by atoms with van der Waals surface area (Å²) in [6.45, 7) is 6.23. The van der Waals surface area contributed by atoms with Crippen LogP contribution in [0.4, 0.5) is 5.69 Å². The summed E-state index contributed by atoms with van der Waals surface area (Å²) in [5.41, 5.74) is 5.94. The van der Waals surface area contributed by atoms with Crippen molar-refractivity contribution in [2.24, 2.45) is 0 Å². The Balaban J connectivity index is 1.25. The van der Waals surface area contributed by atoms with Gasteiger partial charge in [-0.15, -0.1) is 0 Å². The first kappa shape index (κ1) is 18.4. The number of ether oxygens (including phenoxy) is 1. The molecule has 0 saturated carbocycles. The first-order chi connectivity index (χ1) is 14.3. The molecule has 0 unspecified atom stereocenters. The first-order valence-corrected chi connectivity index (χ1v) is 10.6. The number of hydrogen-bond donors (Lipinski definition) is 2. The third kappa shape index (κ3) is 3.68. The van der Waals surface area contributed by atoms with Crippen molar-refractivity contribution in [3.05, 3.63) is 64.7 Å². The summed E-state index contributed by atoms with van der Waals surface area (Å²) in [6, 6.07) is 14.3. The molecule has 3 aliphatic heterocycles. The number of para-hydroxylation sites is 1. The van der Waals surface area contributed by atoms with Gasteiger partial charge in [0.15, 0.2) is 0 Å². The summed E-state index contributed by atoms with van der Waals surface area (Å²) in [5, 5.41) is 6.50. The Kier molecular flexibility index (Phi) is 5.08. The first-order valence-electron chi connectivity index (χ1n) is 10.6. The molecule has 0 aliphatic carbocycles. The Labute approximate surface area is 171 Å². The third-order valence-electron chi connectivity index (χ3n) is 6.08. The van der Waals surface area contributed by atoms with Crippen LogP contribution in [-0.4, -0.2) is 43.5 Å². The zero-order valence-electron chi connectivity index (χ0n) is 16.7. The number of rotatable bonds is 6. The van der Waals surface area contributed by atoms with E-state index >= 15 is 0 Å². The van der Waals surface area contributed by atoms with Gasteiger partial charge in [0, 0.05) is 35.5 Å². The Bertz CT molecular complexity index is 960. The molecule has 5 heteroatoms. The van der Waals surface area contributed by atoms with Gasteiger partial charge in [0.25, 0.3) is 5.91 Å². The smallest absolute Gasteiger partial charge is 0.260 e. The largest absolute Gasteiger partial charge is 0.487 e. The van der Waals surface area contributed by atoms with Gasteiger partial charge in [0.1, 0.15) is 12.4 Å². The third-order valence-corrected chi connectivity index (χ3v) is 6.08. The van der Waals surface area contributed by atoms with E-state index in [0.717, 1.165) is 42.9 Å². The molecule has 1 saturated heterocycles. The van der Waals surface area contributed by atoms with Crippen LogP contribution in [0.2, 0.25) is 0 Å². The van der Waals surface area contributed by atoms with E-state index in [0.29, 0.717) is 17.9 Å². The van der Waals surface area contributed by atoms with Crippen LogP contribution in [0.5, 0.6) is 0 Å². The van der Waals surface area contributed by atoms with Gasteiger partial charge < -0.3 is 20.3 Å². The number of nitrogens with one attached hydrogen (secondary N) is 2. The number of anilines is 1. The molecular formula is C24H27N3O2. The summed E-state index contributed by atoms with van der Waals surface area (Å²) in [5.74, 6) is 0.623. The van der Waals surface area contributed by atoms with Gasteiger partial charge in [-0.3, -0.25) is 4.79 Å². The number of fused-ring (bicyclic) bond motifs is 2. The van der Waals surface area contributed by atoms with Crippen LogP contribution < -0.4 is 10.6 Å². The van der Waals surface area contributed by atoms with Gasteiger partial charge in [-0.05, 0) is 50.5 Å². The summed E-state index contributed by atoms with van der Waals surface area (Å²) < 4.78 is 5.99. The average molecular weight is 389 g/mol. The van der Waals surface area contributed by atoms with Crippen LogP contribution in [0.1, 0.15) is 35.1 Å². The van der Waals surface area contributed by atoms with Gasteiger partial charge in [0.2, 0.25) is 0 Å². The van der Waals surface area contributed by atoms with E-state index in [1.54, 1.807) is 0 Å². The van der Waals surface area contributed by atoms with Crippen LogP contribution >= 0.6 is 0 Å². The van der Waals surface area contributed by atoms with Crippen molar-refractivity contribution in [3.63, 3.8) is 0 Å². The lowest BCUT2D eigenvalue weighted by molar-refractivity contribution is -0.110. The fourth-order valence-electron chi connectivity index (χ4n) is 4.52. The lowest BCUT2D eigenvalue weighted by Crippen LogP contribution is -2.30. The molecule has 0 aromatic heterocycles. The minimum atomic E-state index is -0.0830. The maximum absolute atomic E-state index is 12.5. The number of likely N-dealkylation sites (tertiary alicyclic amines) is 1. The highest BCUT2D eigenvalue weighted by molar-refractivity contribution is 6.36. The Morgan fingerprint density at radius 1 is 1.03 bits per heavy atom. The second-order valence-electron chi connectivity index (χ2n) is 8.03. The molecule has 0 atom stereocenters. The Hall–Kier alpha value is -2.63. The van der Waals surface area contributed by atoms with Crippen LogP contribution in [0.3, 0.4) is 0 Å². The predicted octanol–water partition coefficient (Wildman–Crippen LogP) is 3.27. The van der Waals surface area contributed by atoms with E-state index in [9.17, 15) is 4.79 Å². The monoisotopic (exact) mass is 389 g/mol. The highest BCUT2D eigenvalue weighted by atomic mass is 16.5. The highest BCUT2D eigenvalue weighted by Gasteiger charge is 2.32. The molecule has 0 radical (unpaired) electrons.